The smallest absolute Gasteiger partial charge is 0.247 e. The highest BCUT2D eigenvalue weighted by atomic mass is 16.5. The van der Waals surface area contributed by atoms with Crippen molar-refractivity contribution in [2.75, 3.05) is 12.4 Å². The predicted octanol–water partition coefficient (Wildman–Crippen LogP) is 5.02. The lowest BCUT2D eigenvalue weighted by Gasteiger charge is -2.22. The van der Waals surface area contributed by atoms with E-state index in [9.17, 15) is 9.90 Å². The van der Waals surface area contributed by atoms with Crippen molar-refractivity contribution in [2.45, 2.75) is 12.6 Å². The number of phenolic OH excluding ortho intramolecular Hbond substituents is 1. The summed E-state index contributed by atoms with van der Waals surface area (Å²) in [5.74, 6) is 0.564. The summed E-state index contributed by atoms with van der Waals surface area (Å²) in [4.78, 5) is 13.3. The summed E-state index contributed by atoms with van der Waals surface area (Å²) in [6.45, 7) is 0.395. The van der Waals surface area contributed by atoms with Gasteiger partial charge in [0.1, 0.15) is 17.5 Å². The Bertz CT molecular complexity index is 1170. The van der Waals surface area contributed by atoms with Crippen LogP contribution in [0.1, 0.15) is 17.2 Å². The summed E-state index contributed by atoms with van der Waals surface area (Å²) < 4.78 is 5.22. The molecule has 0 heterocycles. The van der Waals surface area contributed by atoms with Gasteiger partial charge >= 0.3 is 0 Å². The molecule has 0 saturated heterocycles. The number of carbonyl (C=O) groups excluding carboxylic acids is 1. The number of fused-ring (bicyclic) bond motifs is 1. The summed E-state index contributed by atoms with van der Waals surface area (Å²) >= 11 is 0. The predicted molar refractivity (Wildman–Crippen MR) is 123 cm³/mol. The maximum Gasteiger partial charge on any atom is 0.247 e. The molecule has 4 aromatic rings. The van der Waals surface area contributed by atoms with Crippen LogP contribution in [0.5, 0.6) is 11.5 Å². The standard InChI is InChI=1S/C26H24N2O3/c1-31-21-14-12-20(13-15-21)28-25(26(30)27-17-18-7-3-2-4-8-18)24-22-10-6-5-9-19(22)11-16-23(24)29/h2-16,25,28-29H,17H2,1H3,(H,27,30). The number of nitrogens with one attached hydrogen (secondary N) is 2. The molecule has 3 N–H and O–H groups in total. The lowest BCUT2D eigenvalue weighted by Crippen LogP contribution is -2.33. The molecule has 0 aliphatic carbocycles. The Kier molecular flexibility index (Phi) is 6.03. The van der Waals surface area contributed by atoms with Crippen LogP contribution in [0, 0.1) is 0 Å². The van der Waals surface area contributed by atoms with Gasteiger partial charge in [0.15, 0.2) is 0 Å². The zero-order valence-electron chi connectivity index (χ0n) is 17.2. The van der Waals surface area contributed by atoms with E-state index < -0.39 is 6.04 Å². The van der Waals surface area contributed by atoms with Crippen LogP contribution in [0.25, 0.3) is 10.8 Å². The van der Waals surface area contributed by atoms with Crippen molar-refractivity contribution in [1.82, 2.24) is 5.32 Å². The summed E-state index contributed by atoms with van der Waals surface area (Å²) in [5.41, 5.74) is 2.29. The SMILES string of the molecule is COc1ccc(NC(C(=O)NCc2ccccc2)c2c(O)ccc3ccccc23)cc1. The fraction of sp³-hybridized carbons (Fsp3) is 0.115. The molecule has 5 nitrogen and oxygen atoms in total. The Hall–Kier alpha value is -3.99. The number of anilines is 1. The second-order valence-electron chi connectivity index (χ2n) is 7.23. The van der Waals surface area contributed by atoms with Gasteiger partial charge in [0.2, 0.25) is 5.91 Å². The van der Waals surface area contributed by atoms with E-state index >= 15 is 0 Å². The fourth-order valence-electron chi connectivity index (χ4n) is 3.60. The van der Waals surface area contributed by atoms with Gasteiger partial charge in [-0.25, -0.2) is 0 Å². The molecular weight excluding hydrogens is 388 g/mol. The maximum atomic E-state index is 13.3. The summed E-state index contributed by atoms with van der Waals surface area (Å²) in [6, 6.07) is 27.5. The molecule has 31 heavy (non-hydrogen) atoms. The van der Waals surface area contributed by atoms with Gasteiger partial charge in [-0.15, -0.1) is 0 Å². The molecular formula is C26H24N2O3. The number of ether oxygens (including phenoxy) is 1. The van der Waals surface area contributed by atoms with Gasteiger partial charge < -0.3 is 20.5 Å². The van der Waals surface area contributed by atoms with Crippen LogP contribution in [-0.4, -0.2) is 18.1 Å². The Labute approximate surface area is 181 Å². The number of amides is 1. The van der Waals surface area contributed by atoms with E-state index in [0.29, 0.717) is 12.1 Å². The molecule has 1 unspecified atom stereocenters. The number of benzene rings is 4. The van der Waals surface area contributed by atoms with Crippen LogP contribution in [0.2, 0.25) is 0 Å². The zero-order chi connectivity index (χ0) is 21.6. The summed E-state index contributed by atoms with van der Waals surface area (Å²) in [5, 5.41) is 18.8. The van der Waals surface area contributed by atoms with E-state index in [0.717, 1.165) is 27.8 Å². The Balaban J connectivity index is 1.70. The van der Waals surface area contributed by atoms with Crippen molar-refractivity contribution in [3.63, 3.8) is 0 Å². The average molecular weight is 412 g/mol. The first-order valence-electron chi connectivity index (χ1n) is 10.1. The Morgan fingerprint density at radius 3 is 2.35 bits per heavy atom. The molecule has 0 spiro atoms. The van der Waals surface area contributed by atoms with Crippen LogP contribution in [0.15, 0.2) is 91.0 Å². The molecule has 156 valence electrons. The van der Waals surface area contributed by atoms with Gasteiger partial charge in [-0.3, -0.25) is 4.79 Å². The van der Waals surface area contributed by atoms with Gasteiger partial charge in [-0.1, -0.05) is 60.7 Å². The number of hydrogen-bond donors (Lipinski definition) is 3. The van der Waals surface area contributed by atoms with Crippen LogP contribution in [-0.2, 0) is 11.3 Å². The highest BCUT2D eigenvalue weighted by Crippen LogP contribution is 2.34. The highest BCUT2D eigenvalue weighted by molar-refractivity contribution is 5.96. The van der Waals surface area contributed by atoms with E-state index in [1.165, 1.54) is 0 Å². The van der Waals surface area contributed by atoms with Crippen LogP contribution >= 0.6 is 0 Å². The van der Waals surface area contributed by atoms with E-state index in [1.54, 1.807) is 13.2 Å². The highest BCUT2D eigenvalue weighted by Gasteiger charge is 2.25. The van der Waals surface area contributed by atoms with E-state index in [1.807, 2.05) is 84.9 Å². The van der Waals surface area contributed by atoms with Crippen LogP contribution in [0.3, 0.4) is 0 Å². The van der Waals surface area contributed by atoms with Gasteiger partial charge in [0, 0.05) is 17.8 Å². The van der Waals surface area contributed by atoms with Crippen molar-refractivity contribution >= 4 is 22.4 Å². The Morgan fingerprint density at radius 1 is 0.903 bits per heavy atom. The lowest BCUT2D eigenvalue weighted by atomic mass is 9.96. The van der Waals surface area contributed by atoms with E-state index in [-0.39, 0.29) is 11.7 Å². The maximum absolute atomic E-state index is 13.3. The molecule has 4 aromatic carbocycles. The largest absolute Gasteiger partial charge is 0.508 e. The lowest BCUT2D eigenvalue weighted by molar-refractivity contribution is -0.122. The minimum atomic E-state index is -0.789. The van der Waals surface area contributed by atoms with Crippen molar-refractivity contribution in [2.24, 2.45) is 0 Å². The third-order valence-corrected chi connectivity index (χ3v) is 5.21. The number of phenols is 1. The normalized spacial score (nSPS) is 11.6. The second kappa shape index (κ2) is 9.22. The van der Waals surface area contributed by atoms with Crippen LogP contribution < -0.4 is 15.4 Å². The van der Waals surface area contributed by atoms with E-state index in [2.05, 4.69) is 10.6 Å². The van der Waals surface area contributed by atoms with E-state index in [4.69, 9.17) is 4.74 Å². The molecule has 0 bridgehead atoms. The second-order valence-corrected chi connectivity index (χ2v) is 7.23. The Morgan fingerprint density at radius 2 is 1.61 bits per heavy atom. The van der Waals surface area contributed by atoms with Crippen molar-refractivity contribution in [1.29, 1.82) is 0 Å². The monoisotopic (exact) mass is 412 g/mol. The topological polar surface area (TPSA) is 70.6 Å². The third-order valence-electron chi connectivity index (χ3n) is 5.21. The molecule has 0 saturated carbocycles. The molecule has 0 aliphatic heterocycles. The summed E-state index contributed by atoms with van der Waals surface area (Å²) in [6.07, 6.45) is 0. The van der Waals surface area contributed by atoms with Crippen LogP contribution in [0.4, 0.5) is 5.69 Å². The molecule has 5 heteroatoms. The molecule has 1 amide bonds. The first-order chi connectivity index (χ1) is 15.2. The zero-order valence-corrected chi connectivity index (χ0v) is 17.2. The number of rotatable bonds is 7. The third kappa shape index (κ3) is 4.61. The van der Waals surface area contributed by atoms with Crippen molar-refractivity contribution in [3.8, 4) is 11.5 Å². The number of aromatic hydroxyl groups is 1. The minimum absolute atomic E-state index is 0.0690. The van der Waals surface area contributed by atoms with Gasteiger partial charge in [-0.2, -0.15) is 0 Å². The molecule has 4 rings (SSSR count). The average Bonchev–Trinajstić information content (AvgIpc) is 2.82. The quantitative estimate of drug-likeness (QED) is 0.398. The van der Waals surface area contributed by atoms with Crippen molar-refractivity contribution < 1.29 is 14.6 Å². The number of methoxy groups -OCH3 is 1. The van der Waals surface area contributed by atoms with Crippen molar-refractivity contribution in [3.05, 3.63) is 102 Å². The molecule has 1 atom stereocenters. The molecule has 0 aliphatic rings. The first-order valence-corrected chi connectivity index (χ1v) is 10.1. The first kappa shape index (κ1) is 20.3. The summed E-state index contributed by atoms with van der Waals surface area (Å²) in [7, 11) is 1.61. The molecule has 0 fully saturated rings. The molecule has 0 aromatic heterocycles. The van der Waals surface area contributed by atoms with Gasteiger partial charge in [0.05, 0.1) is 7.11 Å². The number of carbonyl (C=O) groups is 1. The minimum Gasteiger partial charge on any atom is -0.508 e. The van der Waals surface area contributed by atoms with Gasteiger partial charge in [0.25, 0.3) is 0 Å². The molecule has 0 radical (unpaired) electrons. The fourth-order valence-corrected chi connectivity index (χ4v) is 3.60. The number of hydrogen-bond acceptors (Lipinski definition) is 4. The van der Waals surface area contributed by atoms with Gasteiger partial charge in [-0.05, 0) is 46.7 Å².